The second-order valence-corrected chi connectivity index (χ2v) is 11.2. The molecule has 8 heteroatoms. The number of hydrogen-bond acceptors (Lipinski definition) is 6. The zero-order valence-electron chi connectivity index (χ0n) is 20.0. The molecular weight excluding hydrogens is 474 g/mol. The zero-order valence-corrected chi connectivity index (χ0v) is 20.8. The van der Waals surface area contributed by atoms with E-state index in [1.165, 1.54) is 6.07 Å². The summed E-state index contributed by atoms with van der Waals surface area (Å²) in [6.45, 7) is 7.43. The number of benzene rings is 1. The lowest BCUT2D eigenvalue weighted by Crippen LogP contribution is -2.56. The first-order valence-electron chi connectivity index (χ1n) is 12.4. The molecule has 4 aliphatic heterocycles. The topological polar surface area (TPSA) is 75.0 Å². The number of carbonyl (C=O) groups is 1. The van der Waals surface area contributed by atoms with Crippen molar-refractivity contribution in [3.05, 3.63) is 92.8 Å². The maximum absolute atomic E-state index is 13.5. The van der Waals surface area contributed by atoms with Crippen molar-refractivity contribution < 1.29 is 14.6 Å². The van der Waals surface area contributed by atoms with Crippen molar-refractivity contribution >= 4 is 17.7 Å². The highest BCUT2D eigenvalue weighted by Crippen LogP contribution is 2.71. The number of aromatic nitrogens is 1. The number of rotatable bonds is 1. The van der Waals surface area contributed by atoms with Gasteiger partial charge in [-0.15, -0.1) is 11.8 Å². The first kappa shape index (κ1) is 21.9. The highest BCUT2D eigenvalue weighted by molar-refractivity contribution is 8.02. The number of hydrogen-bond donors (Lipinski definition) is 1. The molecule has 36 heavy (non-hydrogen) atoms. The minimum absolute atomic E-state index is 0.00766. The van der Waals surface area contributed by atoms with E-state index in [0.717, 1.165) is 39.5 Å². The average molecular weight is 502 g/mol. The Bertz CT molecular complexity index is 1430. The molecular formula is C28H27N3O4S. The average Bonchev–Trinajstić information content (AvgIpc) is 3.77. The van der Waals surface area contributed by atoms with Crippen LogP contribution in [0.15, 0.2) is 70.5 Å². The van der Waals surface area contributed by atoms with Crippen LogP contribution in [0.2, 0.25) is 0 Å². The van der Waals surface area contributed by atoms with E-state index in [4.69, 9.17) is 4.74 Å². The predicted molar refractivity (Wildman–Crippen MR) is 139 cm³/mol. The van der Waals surface area contributed by atoms with E-state index in [9.17, 15) is 14.7 Å². The molecule has 1 amide bonds. The fraction of sp³-hybridized carbons (Fsp3) is 0.357. The Morgan fingerprint density at radius 2 is 2.06 bits per heavy atom. The van der Waals surface area contributed by atoms with Crippen molar-refractivity contribution in [2.24, 2.45) is 17.8 Å². The monoisotopic (exact) mass is 501 g/mol. The Morgan fingerprint density at radius 3 is 2.86 bits per heavy atom. The molecule has 8 rings (SSSR count). The summed E-state index contributed by atoms with van der Waals surface area (Å²) in [4.78, 5) is 28.7. The Hall–Kier alpha value is -3.39. The largest absolute Gasteiger partial charge is 0.502 e. The molecule has 1 N–H and O–H groups in total. The van der Waals surface area contributed by atoms with Gasteiger partial charge < -0.3 is 14.7 Å². The fourth-order valence-corrected chi connectivity index (χ4v) is 7.25. The zero-order chi connectivity index (χ0) is 24.7. The molecule has 2 fully saturated rings. The number of thioether (sulfide) groups is 1. The molecule has 0 spiro atoms. The summed E-state index contributed by atoms with van der Waals surface area (Å²) in [5, 5.41) is 12.8. The van der Waals surface area contributed by atoms with Gasteiger partial charge in [-0.25, -0.2) is 0 Å². The lowest BCUT2D eigenvalue weighted by molar-refractivity contribution is 0.0663. The van der Waals surface area contributed by atoms with Crippen molar-refractivity contribution in [1.29, 1.82) is 0 Å². The van der Waals surface area contributed by atoms with Crippen LogP contribution < -0.4 is 15.2 Å². The molecule has 4 bridgehead atoms. The molecule has 0 radical (unpaired) electrons. The minimum atomic E-state index is -0.558. The van der Waals surface area contributed by atoms with E-state index in [1.807, 2.05) is 30.2 Å². The first-order valence-corrected chi connectivity index (χ1v) is 13.4. The van der Waals surface area contributed by atoms with Gasteiger partial charge in [0.15, 0.2) is 11.4 Å². The van der Waals surface area contributed by atoms with Crippen LogP contribution in [0.4, 0.5) is 0 Å². The molecule has 5 heterocycles. The smallest absolute Gasteiger partial charge is 0.277 e. The van der Waals surface area contributed by atoms with Crippen LogP contribution in [0.5, 0.6) is 11.5 Å². The molecule has 5 atom stereocenters. The number of nitrogens with zero attached hydrogens (tertiary/aromatic N) is 3. The number of amides is 1. The summed E-state index contributed by atoms with van der Waals surface area (Å²) in [5.74, 6) is 2.50. The molecule has 1 aromatic carbocycles. The highest BCUT2D eigenvalue weighted by Gasteiger charge is 2.75. The highest BCUT2D eigenvalue weighted by atomic mass is 32.2. The third-order valence-electron chi connectivity index (χ3n) is 8.24. The number of fused-ring (bicyclic) bond motifs is 2. The number of aromatic hydroxyl groups is 1. The van der Waals surface area contributed by atoms with Gasteiger partial charge in [-0.1, -0.05) is 30.9 Å². The summed E-state index contributed by atoms with van der Waals surface area (Å²) in [6.07, 6.45) is 8.81. The Balaban J connectivity index is 1.47. The number of pyridine rings is 1. The van der Waals surface area contributed by atoms with E-state index >= 15 is 0 Å². The van der Waals surface area contributed by atoms with E-state index in [0.29, 0.717) is 31.0 Å². The van der Waals surface area contributed by atoms with Gasteiger partial charge in [0.25, 0.3) is 5.91 Å². The van der Waals surface area contributed by atoms with Gasteiger partial charge in [-0.2, -0.15) is 0 Å². The van der Waals surface area contributed by atoms with Crippen molar-refractivity contribution in [3.8, 4) is 11.5 Å². The second kappa shape index (κ2) is 7.80. The summed E-state index contributed by atoms with van der Waals surface area (Å²) in [5.41, 5.74) is 2.54. The van der Waals surface area contributed by atoms with Gasteiger partial charge in [0.2, 0.25) is 5.43 Å². The first-order chi connectivity index (χ1) is 17.5. The van der Waals surface area contributed by atoms with Crippen LogP contribution in [0.25, 0.3) is 0 Å². The summed E-state index contributed by atoms with van der Waals surface area (Å²) in [6, 6.07) is 7.18. The van der Waals surface area contributed by atoms with Crippen LogP contribution in [-0.4, -0.2) is 39.9 Å². The molecule has 184 valence electrons. The van der Waals surface area contributed by atoms with E-state index in [-0.39, 0.29) is 23.7 Å². The lowest BCUT2D eigenvalue weighted by atomic mass is 9.93. The normalized spacial score (nSPS) is 31.0. The molecule has 3 unspecified atom stereocenters. The third kappa shape index (κ3) is 3.06. The fourth-order valence-electron chi connectivity index (χ4n) is 6.21. The Morgan fingerprint density at radius 1 is 1.22 bits per heavy atom. The molecule has 2 saturated carbocycles. The number of carbonyl (C=O) groups excluding carboxylic acids is 1. The molecule has 2 aromatic rings. The summed E-state index contributed by atoms with van der Waals surface area (Å²) in [7, 11) is 0. The van der Waals surface area contributed by atoms with E-state index in [1.54, 1.807) is 27.5 Å². The standard InChI is InChI=1S/C28H27N3O4S/c1-3-4-8-20-15(2)24-21-16(13-36-20)6-5-7-19(21)35-27-22-17(23(22)27)9-11-29-14-31(24)30-12-10-18(32)26(33)25(30)28(29)34/h3-8,10,12,17,22-24,27,33H,2,9,11,13-14H2,1H3/b4-3-,20-8+/t17?,22-,23?,24+,27?/m0/s1. The summed E-state index contributed by atoms with van der Waals surface area (Å²) < 4.78 is 8.27. The van der Waals surface area contributed by atoms with Gasteiger partial charge in [0.1, 0.15) is 24.6 Å². The van der Waals surface area contributed by atoms with Gasteiger partial charge in [0, 0.05) is 46.9 Å². The molecule has 2 aliphatic carbocycles. The Kier molecular flexibility index (Phi) is 4.74. The SMILES string of the molecule is C=C1/C(=C\C=C/C)SCc2cccc3c2[C@@H]1N1CN(CCC2C4C(O3)[C@@H]24)C(=O)c2c(O)c(=O)ccn21. The molecule has 1 aromatic heterocycles. The molecule has 6 aliphatic rings. The van der Waals surface area contributed by atoms with Gasteiger partial charge in [-0.3, -0.25) is 19.3 Å². The lowest BCUT2D eigenvalue weighted by Gasteiger charge is -2.45. The number of allylic oxidation sites excluding steroid dienone is 3. The number of ether oxygens (including phenoxy) is 1. The Labute approximate surface area is 213 Å². The molecule has 0 saturated heterocycles. The van der Waals surface area contributed by atoms with E-state index in [2.05, 4.69) is 24.8 Å². The maximum Gasteiger partial charge on any atom is 0.277 e. The van der Waals surface area contributed by atoms with E-state index < -0.39 is 11.2 Å². The van der Waals surface area contributed by atoms with Crippen molar-refractivity contribution in [2.45, 2.75) is 31.2 Å². The van der Waals surface area contributed by atoms with Crippen molar-refractivity contribution in [2.75, 3.05) is 18.2 Å². The minimum Gasteiger partial charge on any atom is -0.502 e. The molecule has 7 nitrogen and oxygen atoms in total. The van der Waals surface area contributed by atoms with Crippen LogP contribution in [0.1, 0.15) is 41.0 Å². The summed E-state index contributed by atoms with van der Waals surface area (Å²) >= 11 is 1.74. The van der Waals surface area contributed by atoms with Crippen LogP contribution in [0, 0.1) is 17.8 Å². The maximum atomic E-state index is 13.5. The van der Waals surface area contributed by atoms with Crippen LogP contribution in [0.3, 0.4) is 0 Å². The van der Waals surface area contributed by atoms with Crippen molar-refractivity contribution in [1.82, 2.24) is 9.58 Å². The van der Waals surface area contributed by atoms with Crippen molar-refractivity contribution in [3.63, 3.8) is 0 Å². The van der Waals surface area contributed by atoms with Gasteiger partial charge in [0.05, 0.1) is 0 Å². The third-order valence-corrected chi connectivity index (χ3v) is 9.40. The van der Waals surface area contributed by atoms with Gasteiger partial charge in [-0.05, 0) is 42.5 Å². The predicted octanol–water partition coefficient (Wildman–Crippen LogP) is 3.94. The van der Waals surface area contributed by atoms with Gasteiger partial charge >= 0.3 is 0 Å². The van der Waals surface area contributed by atoms with Crippen LogP contribution >= 0.6 is 11.8 Å². The van der Waals surface area contributed by atoms with Crippen LogP contribution in [-0.2, 0) is 5.75 Å². The quantitative estimate of drug-likeness (QED) is 0.638. The second-order valence-electron chi connectivity index (χ2n) is 10.2.